The Morgan fingerprint density at radius 2 is 2.21 bits per heavy atom. The van der Waals surface area contributed by atoms with E-state index in [4.69, 9.17) is 9.15 Å². The number of ether oxygens (including phenoxy) is 1. The van der Waals surface area contributed by atoms with Gasteiger partial charge in [-0.15, -0.1) is 0 Å². The summed E-state index contributed by atoms with van der Waals surface area (Å²) in [4.78, 5) is 29.8. The SMILES string of the molecule is COc1ccc2nc(NC(=O)CN(C)C(=O)c3ccco3)sc2c1. The van der Waals surface area contributed by atoms with E-state index in [0.717, 1.165) is 16.0 Å². The van der Waals surface area contributed by atoms with Gasteiger partial charge in [-0.05, 0) is 30.3 Å². The number of carbonyl (C=O) groups excluding carboxylic acids is 2. The highest BCUT2D eigenvalue weighted by Gasteiger charge is 2.18. The lowest BCUT2D eigenvalue weighted by atomic mass is 10.3. The molecule has 0 aliphatic rings. The molecule has 0 spiro atoms. The minimum Gasteiger partial charge on any atom is -0.497 e. The molecule has 7 nitrogen and oxygen atoms in total. The van der Waals surface area contributed by atoms with Crippen molar-refractivity contribution < 1.29 is 18.7 Å². The number of rotatable bonds is 5. The van der Waals surface area contributed by atoms with Crippen molar-refractivity contribution in [1.29, 1.82) is 0 Å². The third-order valence-electron chi connectivity index (χ3n) is 3.30. The Morgan fingerprint density at radius 3 is 2.92 bits per heavy atom. The summed E-state index contributed by atoms with van der Waals surface area (Å²) < 4.78 is 11.1. The molecule has 2 heterocycles. The number of fused-ring (bicyclic) bond motifs is 1. The monoisotopic (exact) mass is 345 g/mol. The molecule has 0 aliphatic carbocycles. The Labute approximate surface area is 141 Å². The van der Waals surface area contributed by atoms with Crippen LogP contribution in [0.4, 0.5) is 5.13 Å². The maximum absolute atomic E-state index is 12.1. The number of anilines is 1. The molecular weight excluding hydrogens is 330 g/mol. The fraction of sp³-hybridized carbons (Fsp3) is 0.188. The van der Waals surface area contributed by atoms with Crippen molar-refractivity contribution in [3.05, 3.63) is 42.4 Å². The molecule has 8 heteroatoms. The molecule has 2 amide bonds. The van der Waals surface area contributed by atoms with Crippen molar-refractivity contribution in [1.82, 2.24) is 9.88 Å². The predicted molar refractivity (Wildman–Crippen MR) is 90.5 cm³/mol. The molecule has 0 bridgehead atoms. The van der Waals surface area contributed by atoms with Crippen molar-refractivity contribution in [3.8, 4) is 5.75 Å². The fourth-order valence-corrected chi connectivity index (χ4v) is 3.03. The van der Waals surface area contributed by atoms with Crippen molar-refractivity contribution in [2.24, 2.45) is 0 Å². The van der Waals surface area contributed by atoms with Gasteiger partial charge < -0.3 is 19.4 Å². The molecule has 0 radical (unpaired) electrons. The fourth-order valence-electron chi connectivity index (χ4n) is 2.12. The van der Waals surface area contributed by atoms with Gasteiger partial charge in [0.15, 0.2) is 10.9 Å². The number of furan rings is 1. The van der Waals surface area contributed by atoms with Crippen molar-refractivity contribution in [2.75, 3.05) is 26.0 Å². The van der Waals surface area contributed by atoms with E-state index in [1.54, 1.807) is 19.2 Å². The predicted octanol–water partition coefficient (Wildman–Crippen LogP) is 2.61. The van der Waals surface area contributed by atoms with Gasteiger partial charge in [-0.3, -0.25) is 9.59 Å². The molecule has 2 aromatic heterocycles. The average Bonchev–Trinajstić information content (AvgIpc) is 3.22. The lowest BCUT2D eigenvalue weighted by Gasteiger charge is -2.14. The van der Waals surface area contributed by atoms with E-state index in [9.17, 15) is 9.59 Å². The minimum absolute atomic E-state index is 0.0984. The van der Waals surface area contributed by atoms with Crippen LogP contribution in [0.5, 0.6) is 5.75 Å². The van der Waals surface area contributed by atoms with Crippen LogP contribution in [0.3, 0.4) is 0 Å². The third kappa shape index (κ3) is 3.38. The van der Waals surface area contributed by atoms with Crippen LogP contribution in [-0.2, 0) is 4.79 Å². The van der Waals surface area contributed by atoms with Crippen molar-refractivity contribution in [3.63, 3.8) is 0 Å². The van der Waals surface area contributed by atoms with Gasteiger partial charge in [-0.1, -0.05) is 11.3 Å². The quantitative estimate of drug-likeness (QED) is 0.768. The standard InChI is InChI=1S/C16H15N3O4S/c1-19(15(21)12-4-3-7-23-12)9-14(20)18-16-17-11-6-5-10(22-2)8-13(11)24-16/h3-8H,9H2,1-2H3,(H,17,18,20). The number of likely N-dealkylation sites (N-methyl/N-ethyl adjacent to an activating group) is 1. The lowest BCUT2D eigenvalue weighted by molar-refractivity contribution is -0.116. The highest BCUT2D eigenvalue weighted by atomic mass is 32.1. The summed E-state index contributed by atoms with van der Waals surface area (Å²) in [5.74, 6) is 0.234. The first-order valence-corrected chi connectivity index (χ1v) is 7.92. The molecule has 0 atom stereocenters. The van der Waals surface area contributed by atoms with Gasteiger partial charge >= 0.3 is 0 Å². The molecular formula is C16H15N3O4S. The summed E-state index contributed by atoms with van der Waals surface area (Å²) in [6.45, 7) is -0.0984. The molecule has 24 heavy (non-hydrogen) atoms. The topological polar surface area (TPSA) is 84.7 Å². The molecule has 0 fully saturated rings. The van der Waals surface area contributed by atoms with E-state index < -0.39 is 0 Å². The van der Waals surface area contributed by atoms with Crippen LogP contribution in [0.15, 0.2) is 41.0 Å². The van der Waals surface area contributed by atoms with Crippen molar-refractivity contribution >= 4 is 38.5 Å². The number of amides is 2. The second kappa shape index (κ2) is 6.71. The summed E-state index contributed by atoms with van der Waals surface area (Å²) in [6.07, 6.45) is 1.41. The zero-order chi connectivity index (χ0) is 17.1. The van der Waals surface area contributed by atoms with E-state index in [0.29, 0.717) is 5.13 Å². The Balaban J connectivity index is 1.65. The lowest BCUT2D eigenvalue weighted by Crippen LogP contribution is -2.34. The normalized spacial score (nSPS) is 10.6. The Morgan fingerprint density at radius 1 is 1.38 bits per heavy atom. The largest absolute Gasteiger partial charge is 0.497 e. The van der Waals surface area contributed by atoms with Gasteiger partial charge in [0.25, 0.3) is 5.91 Å². The number of carbonyl (C=O) groups is 2. The molecule has 124 valence electrons. The number of hydrogen-bond acceptors (Lipinski definition) is 6. The van der Waals surface area contributed by atoms with Gasteiger partial charge in [0.2, 0.25) is 5.91 Å². The third-order valence-corrected chi connectivity index (χ3v) is 4.23. The molecule has 1 aromatic carbocycles. The van der Waals surface area contributed by atoms with Crippen LogP contribution in [0, 0.1) is 0 Å². The van der Waals surface area contributed by atoms with Gasteiger partial charge in [-0.2, -0.15) is 0 Å². The number of nitrogens with one attached hydrogen (secondary N) is 1. The zero-order valence-electron chi connectivity index (χ0n) is 13.1. The second-order valence-electron chi connectivity index (χ2n) is 5.04. The molecule has 1 N–H and O–H groups in total. The molecule has 3 aromatic rings. The van der Waals surface area contributed by atoms with Crippen LogP contribution in [0.25, 0.3) is 10.2 Å². The van der Waals surface area contributed by atoms with Crippen LogP contribution in [0.1, 0.15) is 10.6 Å². The number of thiazole rings is 1. The first kappa shape index (κ1) is 16.0. The zero-order valence-corrected chi connectivity index (χ0v) is 13.9. The van der Waals surface area contributed by atoms with E-state index in [1.165, 1.54) is 29.5 Å². The number of benzene rings is 1. The maximum Gasteiger partial charge on any atom is 0.289 e. The van der Waals surface area contributed by atoms with E-state index >= 15 is 0 Å². The Bertz CT molecular complexity index is 873. The summed E-state index contributed by atoms with van der Waals surface area (Å²) >= 11 is 1.34. The van der Waals surface area contributed by atoms with Crippen LogP contribution in [-0.4, -0.2) is 42.4 Å². The first-order valence-electron chi connectivity index (χ1n) is 7.10. The second-order valence-corrected chi connectivity index (χ2v) is 6.07. The van der Waals surface area contributed by atoms with E-state index in [-0.39, 0.29) is 24.1 Å². The number of methoxy groups -OCH3 is 1. The average molecular weight is 345 g/mol. The molecule has 3 rings (SSSR count). The van der Waals surface area contributed by atoms with Gasteiger partial charge in [-0.25, -0.2) is 4.98 Å². The van der Waals surface area contributed by atoms with E-state index in [2.05, 4.69) is 10.3 Å². The summed E-state index contributed by atoms with van der Waals surface area (Å²) in [5, 5.41) is 3.18. The minimum atomic E-state index is -0.357. The van der Waals surface area contributed by atoms with Crippen molar-refractivity contribution in [2.45, 2.75) is 0 Å². The summed E-state index contributed by atoms with van der Waals surface area (Å²) in [6, 6.07) is 8.67. The molecule has 0 saturated heterocycles. The smallest absolute Gasteiger partial charge is 0.289 e. The van der Waals surface area contributed by atoms with Crippen LogP contribution in [0.2, 0.25) is 0 Å². The number of aromatic nitrogens is 1. The van der Waals surface area contributed by atoms with Gasteiger partial charge in [0, 0.05) is 7.05 Å². The summed E-state index contributed by atoms with van der Waals surface area (Å²) in [5.41, 5.74) is 0.774. The van der Waals surface area contributed by atoms with Gasteiger partial charge in [0.05, 0.1) is 23.6 Å². The van der Waals surface area contributed by atoms with Crippen LogP contribution < -0.4 is 10.1 Å². The highest BCUT2D eigenvalue weighted by molar-refractivity contribution is 7.22. The molecule has 0 unspecified atom stereocenters. The van der Waals surface area contributed by atoms with E-state index in [1.807, 2.05) is 18.2 Å². The Hall–Kier alpha value is -2.87. The maximum atomic E-state index is 12.1. The molecule has 0 saturated carbocycles. The number of hydrogen-bond donors (Lipinski definition) is 1. The first-order chi connectivity index (χ1) is 11.6. The van der Waals surface area contributed by atoms with Crippen LogP contribution >= 0.6 is 11.3 Å². The Kier molecular flexibility index (Phi) is 4.48. The molecule has 0 aliphatic heterocycles. The number of nitrogens with zero attached hydrogens (tertiary/aromatic N) is 2. The summed E-state index contributed by atoms with van der Waals surface area (Å²) in [7, 11) is 3.13. The van der Waals surface area contributed by atoms with Gasteiger partial charge in [0.1, 0.15) is 12.3 Å². The highest BCUT2D eigenvalue weighted by Crippen LogP contribution is 2.29.